The minimum atomic E-state index is 1.20. The highest BCUT2D eigenvalue weighted by Gasteiger charge is 2.07. The van der Waals surface area contributed by atoms with Crippen LogP contribution in [0.3, 0.4) is 0 Å². The lowest BCUT2D eigenvalue weighted by Crippen LogP contribution is -1.80. The highest BCUT2D eigenvalue weighted by molar-refractivity contribution is 7.25. The number of rotatable bonds is 3. The molecule has 3 aromatic rings. The molecule has 1 aromatic heterocycles. The first-order valence-corrected chi connectivity index (χ1v) is 11.9. The lowest BCUT2D eigenvalue weighted by molar-refractivity contribution is 1.50. The van der Waals surface area contributed by atoms with Crippen LogP contribution in [-0.4, -0.2) is 0 Å². The molecule has 2 aromatic carbocycles. The van der Waals surface area contributed by atoms with Crippen LogP contribution in [0.5, 0.6) is 0 Å². The van der Waals surface area contributed by atoms with E-state index in [4.69, 9.17) is 0 Å². The molecule has 0 N–H and O–H groups in total. The normalized spacial score (nSPS) is 9.93. The molecule has 0 atom stereocenters. The van der Waals surface area contributed by atoms with E-state index in [-0.39, 0.29) is 0 Å². The Labute approximate surface area is 184 Å². The first kappa shape index (κ1) is 29.1. The van der Waals surface area contributed by atoms with Crippen molar-refractivity contribution in [1.29, 1.82) is 0 Å². The molecule has 0 saturated heterocycles. The number of hydrogen-bond donors (Lipinski definition) is 0. The average Bonchev–Trinajstić information content (AvgIpc) is 3.16. The van der Waals surface area contributed by atoms with Gasteiger partial charge in [0, 0.05) is 20.2 Å². The summed E-state index contributed by atoms with van der Waals surface area (Å²) in [6, 6.07) is 13.4. The minimum Gasteiger partial charge on any atom is -0.135 e. The second-order valence-electron chi connectivity index (χ2n) is 5.17. The van der Waals surface area contributed by atoms with Gasteiger partial charge in [0.15, 0.2) is 0 Å². The molecule has 0 aliphatic carbocycles. The first-order valence-electron chi connectivity index (χ1n) is 11.1. The summed E-state index contributed by atoms with van der Waals surface area (Å²) < 4.78 is 2.70. The zero-order chi connectivity index (χ0) is 22.8. The van der Waals surface area contributed by atoms with Crippen LogP contribution in [0.15, 0.2) is 67.3 Å². The van der Waals surface area contributed by atoms with Crippen LogP contribution in [0, 0.1) is 6.92 Å². The topological polar surface area (TPSA) is 0 Å². The van der Waals surface area contributed by atoms with Crippen molar-refractivity contribution in [2.24, 2.45) is 0 Å². The molecular formula is C28H42S. The Hall–Kier alpha value is -2.12. The standard InChI is InChI=1S/C20H18S.4C2H6/c1-4-6-15(7-5-2)16-9-11-20-18(13-16)17-12-14(3)8-10-19(17)21-20;4*1-2/h4-13H,1H2,2-3H3;4*1-2H3/b7-5-,15-6+;;;;. The van der Waals surface area contributed by atoms with E-state index >= 15 is 0 Å². The van der Waals surface area contributed by atoms with E-state index in [1.54, 1.807) is 0 Å². The van der Waals surface area contributed by atoms with Gasteiger partial charge in [-0.25, -0.2) is 0 Å². The van der Waals surface area contributed by atoms with Crippen molar-refractivity contribution >= 4 is 37.1 Å². The van der Waals surface area contributed by atoms with Gasteiger partial charge in [-0.2, -0.15) is 0 Å². The van der Waals surface area contributed by atoms with E-state index in [0.717, 1.165) is 0 Å². The number of fused-ring (bicyclic) bond motifs is 3. The fourth-order valence-corrected chi connectivity index (χ4v) is 3.69. The Morgan fingerprint density at radius 3 is 1.83 bits per heavy atom. The SMILES string of the molecule is C=C/C=C(\C=C/C)c1ccc2sc3ccc(C)cc3c2c1.CC.CC.CC.CC. The summed E-state index contributed by atoms with van der Waals surface area (Å²) in [6.45, 7) is 24.0. The first-order chi connectivity index (χ1) is 14.2. The molecule has 0 saturated carbocycles. The zero-order valence-corrected chi connectivity index (χ0v) is 21.2. The van der Waals surface area contributed by atoms with Crippen LogP contribution in [0.1, 0.15) is 73.4 Å². The third-order valence-electron chi connectivity index (χ3n) is 3.60. The fourth-order valence-electron chi connectivity index (χ4n) is 2.63. The monoisotopic (exact) mass is 410 g/mol. The predicted octanol–water partition coefficient (Wildman–Crippen LogP) is 10.6. The summed E-state index contributed by atoms with van der Waals surface area (Å²) in [4.78, 5) is 0. The lowest BCUT2D eigenvalue weighted by atomic mass is 10.0. The number of hydrogen-bond acceptors (Lipinski definition) is 1. The van der Waals surface area contributed by atoms with Crippen LogP contribution >= 0.6 is 11.3 Å². The van der Waals surface area contributed by atoms with Crippen LogP contribution in [0.25, 0.3) is 25.7 Å². The Morgan fingerprint density at radius 2 is 1.31 bits per heavy atom. The van der Waals surface area contributed by atoms with Gasteiger partial charge in [0.2, 0.25) is 0 Å². The van der Waals surface area contributed by atoms with Gasteiger partial charge in [0.1, 0.15) is 0 Å². The third-order valence-corrected chi connectivity index (χ3v) is 4.75. The molecule has 1 heteroatoms. The second-order valence-corrected chi connectivity index (χ2v) is 6.25. The van der Waals surface area contributed by atoms with Crippen molar-refractivity contribution in [3.05, 3.63) is 78.4 Å². The summed E-state index contributed by atoms with van der Waals surface area (Å²) in [5.41, 5.74) is 3.74. The van der Waals surface area contributed by atoms with Crippen molar-refractivity contribution in [2.75, 3.05) is 0 Å². The summed E-state index contributed by atoms with van der Waals surface area (Å²) in [5.74, 6) is 0. The smallest absolute Gasteiger partial charge is 0.0355 e. The van der Waals surface area contributed by atoms with Gasteiger partial charge in [-0.15, -0.1) is 11.3 Å². The Balaban J connectivity index is 0. The average molecular weight is 411 g/mol. The Morgan fingerprint density at radius 1 is 0.793 bits per heavy atom. The highest BCUT2D eigenvalue weighted by atomic mass is 32.1. The summed E-state index contributed by atoms with van der Waals surface area (Å²) in [5, 5.41) is 2.70. The highest BCUT2D eigenvalue weighted by Crippen LogP contribution is 2.36. The van der Waals surface area contributed by atoms with Crippen LogP contribution in [-0.2, 0) is 0 Å². The molecule has 0 radical (unpaired) electrons. The molecule has 0 unspecified atom stereocenters. The molecule has 29 heavy (non-hydrogen) atoms. The quantitative estimate of drug-likeness (QED) is 0.376. The van der Waals surface area contributed by atoms with Gasteiger partial charge in [-0.3, -0.25) is 0 Å². The maximum absolute atomic E-state index is 3.81. The van der Waals surface area contributed by atoms with Gasteiger partial charge >= 0.3 is 0 Å². The predicted molar refractivity (Wildman–Crippen MR) is 142 cm³/mol. The second kappa shape index (κ2) is 17.9. The zero-order valence-electron chi connectivity index (χ0n) is 20.4. The van der Waals surface area contributed by atoms with E-state index in [1.807, 2.05) is 79.7 Å². The lowest BCUT2D eigenvalue weighted by Gasteiger charge is -2.03. The number of allylic oxidation sites excluding steroid dienone is 5. The fraction of sp³-hybridized carbons (Fsp3) is 0.357. The van der Waals surface area contributed by atoms with Crippen molar-refractivity contribution in [2.45, 2.75) is 69.2 Å². The number of aryl methyl sites for hydroxylation is 1. The number of thiophene rings is 1. The minimum absolute atomic E-state index is 1.20. The molecule has 0 aliphatic heterocycles. The summed E-state index contributed by atoms with van der Waals surface area (Å²) >= 11 is 1.86. The van der Waals surface area contributed by atoms with Crippen molar-refractivity contribution in [3.63, 3.8) is 0 Å². The maximum atomic E-state index is 3.81. The molecular weight excluding hydrogens is 368 g/mol. The largest absolute Gasteiger partial charge is 0.135 e. The summed E-state index contributed by atoms with van der Waals surface area (Å²) in [7, 11) is 0. The van der Waals surface area contributed by atoms with E-state index < -0.39 is 0 Å². The number of benzene rings is 2. The van der Waals surface area contributed by atoms with Crippen LogP contribution in [0.2, 0.25) is 0 Å². The Kier molecular flexibility index (Phi) is 18.0. The molecule has 1 heterocycles. The van der Waals surface area contributed by atoms with Gasteiger partial charge < -0.3 is 0 Å². The van der Waals surface area contributed by atoms with E-state index in [1.165, 1.54) is 36.9 Å². The third kappa shape index (κ3) is 8.41. The molecule has 0 nitrogen and oxygen atoms in total. The van der Waals surface area contributed by atoms with Crippen molar-refractivity contribution < 1.29 is 0 Å². The van der Waals surface area contributed by atoms with Crippen LogP contribution in [0.4, 0.5) is 0 Å². The van der Waals surface area contributed by atoms with Gasteiger partial charge in [-0.05, 0) is 49.2 Å². The summed E-state index contributed by atoms with van der Waals surface area (Å²) in [6.07, 6.45) is 8.09. The molecule has 0 spiro atoms. The maximum Gasteiger partial charge on any atom is 0.0355 e. The van der Waals surface area contributed by atoms with E-state index in [0.29, 0.717) is 0 Å². The molecule has 0 amide bonds. The van der Waals surface area contributed by atoms with Gasteiger partial charge in [-0.1, -0.05) is 104 Å². The van der Waals surface area contributed by atoms with Gasteiger partial charge in [0.25, 0.3) is 0 Å². The van der Waals surface area contributed by atoms with Crippen molar-refractivity contribution in [3.8, 4) is 0 Å². The van der Waals surface area contributed by atoms with Crippen molar-refractivity contribution in [1.82, 2.24) is 0 Å². The molecule has 160 valence electrons. The van der Waals surface area contributed by atoms with Gasteiger partial charge in [0.05, 0.1) is 0 Å². The van der Waals surface area contributed by atoms with E-state index in [2.05, 4.69) is 68.1 Å². The van der Waals surface area contributed by atoms with Crippen LogP contribution < -0.4 is 0 Å². The molecule has 0 aliphatic rings. The van der Waals surface area contributed by atoms with E-state index in [9.17, 15) is 0 Å². The molecule has 0 bridgehead atoms. The Bertz CT molecular complexity index is 876. The molecule has 3 rings (SSSR count). The molecule has 0 fully saturated rings.